The van der Waals surface area contributed by atoms with E-state index in [0.29, 0.717) is 0 Å². The van der Waals surface area contributed by atoms with Gasteiger partial charge in [-0.2, -0.15) is 0 Å². The molecule has 1 fully saturated rings. The zero-order valence-electron chi connectivity index (χ0n) is 4.74. The average molecular weight is 118 g/mol. The summed E-state index contributed by atoms with van der Waals surface area (Å²) in [6, 6.07) is 0. The van der Waals surface area contributed by atoms with E-state index in [4.69, 9.17) is 14.9 Å². The fourth-order valence-electron chi connectivity index (χ4n) is 0.760. The van der Waals surface area contributed by atoms with E-state index < -0.39 is 12.2 Å². The monoisotopic (exact) mass is 118 g/mol. The quantitative estimate of drug-likeness (QED) is 0.434. The van der Waals surface area contributed by atoms with Crippen molar-refractivity contribution in [1.29, 1.82) is 0 Å². The Bertz CT molecular complexity index is 73.7. The van der Waals surface area contributed by atoms with E-state index in [-0.39, 0.29) is 12.7 Å². The third kappa shape index (κ3) is 0.844. The smallest absolute Gasteiger partial charge is 0.108 e. The molecule has 0 aromatic carbocycles. The van der Waals surface area contributed by atoms with Crippen molar-refractivity contribution in [2.24, 2.45) is 0 Å². The molecule has 0 saturated carbocycles. The van der Waals surface area contributed by atoms with Gasteiger partial charge in [0.2, 0.25) is 0 Å². The molecule has 0 aliphatic carbocycles. The second-order valence-electron chi connectivity index (χ2n) is 2.10. The first-order valence-electron chi connectivity index (χ1n) is 2.69. The average Bonchev–Trinajstić information content (AvgIpc) is 1.98. The first-order chi connectivity index (χ1) is 3.72. The van der Waals surface area contributed by atoms with Crippen LogP contribution in [0.15, 0.2) is 0 Å². The van der Waals surface area contributed by atoms with Crippen molar-refractivity contribution < 1.29 is 14.9 Å². The van der Waals surface area contributed by atoms with Crippen molar-refractivity contribution in [3.05, 3.63) is 0 Å². The lowest BCUT2D eigenvalue weighted by atomic mass is 10.2. The number of ether oxygens (including phenoxy) is 1. The predicted molar refractivity (Wildman–Crippen MR) is 27.4 cm³/mol. The van der Waals surface area contributed by atoms with Crippen LogP contribution in [0.5, 0.6) is 0 Å². The number of aliphatic hydroxyl groups is 2. The van der Waals surface area contributed by atoms with Crippen LogP contribution >= 0.6 is 0 Å². The van der Waals surface area contributed by atoms with Crippen molar-refractivity contribution in [2.75, 3.05) is 6.61 Å². The molecule has 1 unspecified atom stereocenters. The van der Waals surface area contributed by atoms with Crippen LogP contribution < -0.4 is 0 Å². The standard InChI is InChI=1S/C5H10O3/c1-3-5(7)4(6)2-8-3/h3-7H,2H2,1H3/t3-,4?,5-/m1/s1. The zero-order valence-corrected chi connectivity index (χ0v) is 4.74. The SMILES string of the molecule is C[C@H]1OCC(O)[C@@H]1O. The van der Waals surface area contributed by atoms with E-state index in [1.54, 1.807) is 6.92 Å². The fourth-order valence-corrected chi connectivity index (χ4v) is 0.760. The Morgan fingerprint density at radius 1 is 1.50 bits per heavy atom. The van der Waals surface area contributed by atoms with Gasteiger partial charge in [0.15, 0.2) is 0 Å². The van der Waals surface area contributed by atoms with Gasteiger partial charge in [-0.05, 0) is 6.92 Å². The molecule has 1 rings (SSSR count). The third-order valence-corrected chi connectivity index (χ3v) is 1.41. The summed E-state index contributed by atoms with van der Waals surface area (Å²) in [4.78, 5) is 0. The summed E-state index contributed by atoms with van der Waals surface area (Å²) < 4.78 is 4.88. The molecule has 0 bridgehead atoms. The van der Waals surface area contributed by atoms with Crippen LogP contribution in [-0.4, -0.2) is 35.1 Å². The maximum atomic E-state index is 8.89. The molecule has 0 radical (unpaired) electrons. The zero-order chi connectivity index (χ0) is 6.15. The van der Waals surface area contributed by atoms with Crippen LogP contribution in [0.25, 0.3) is 0 Å². The summed E-state index contributed by atoms with van der Waals surface area (Å²) >= 11 is 0. The third-order valence-electron chi connectivity index (χ3n) is 1.41. The highest BCUT2D eigenvalue weighted by Crippen LogP contribution is 2.12. The van der Waals surface area contributed by atoms with Crippen molar-refractivity contribution in [1.82, 2.24) is 0 Å². The van der Waals surface area contributed by atoms with Crippen molar-refractivity contribution in [3.8, 4) is 0 Å². The number of rotatable bonds is 0. The van der Waals surface area contributed by atoms with Crippen LogP contribution in [0, 0.1) is 0 Å². The van der Waals surface area contributed by atoms with Gasteiger partial charge in [-0.1, -0.05) is 0 Å². The van der Waals surface area contributed by atoms with E-state index in [2.05, 4.69) is 0 Å². The Morgan fingerprint density at radius 2 is 2.12 bits per heavy atom. The highest BCUT2D eigenvalue weighted by atomic mass is 16.5. The molecule has 1 saturated heterocycles. The molecule has 3 heteroatoms. The Labute approximate surface area is 47.9 Å². The first kappa shape index (κ1) is 6.01. The van der Waals surface area contributed by atoms with Crippen molar-refractivity contribution in [2.45, 2.75) is 25.2 Å². The largest absolute Gasteiger partial charge is 0.388 e. The minimum Gasteiger partial charge on any atom is -0.388 e. The summed E-state index contributed by atoms with van der Waals surface area (Å²) in [6.45, 7) is 2.00. The molecule has 1 heterocycles. The van der Waals surface area contributed by atoms with Crippen LogP contribution in [0.4, 0.5) is 0 Å². The van der Waals surface area contributed by atoms with E-state index in [0.717, 1.165) is 0 Å². The molecule has 0 aromatic rings. The van der Waals surface area contributed by atoms with Crippen LogP contribution in [0.1, 0.15) is 6.92 Å². The maximum Gasteiger partial charge on any atom is 0.108 e. The lowest BCUT2D eigenvalue weighted by Crippen LogP contribution is -2.27. The second kappa shape index (κ2) is 2.01. The van der Waals surface area contributed by atoms with Gasteiger partial charge in [0.1, 0.15) is 12.2 Å². The van der Waals surface area contributed by atoms with Gasteiger partial charge in [0.05, 0.1) is 12.7 Å². The van der Waals surface area contributed by atoms with Gasteiger partial charge < -0.3 is 14.9 Å². The first-order valence-corrected chi connectivity index (χ1v) is 2.69. The van der Waals surface area contributed by atoms with E-state index in [1.807, 2.05) is 0 Å². The molecule has 1 aliphatic heterocycles. The van der Waals surface area contributed by atoms with E-state index in [1.165, 1.54) is 0 Å². The molecule has 3 nitrogen and oxygen atoms in total. The van der Waals surface area contributed by atoms with E-state index >= 15 is 0 Å². The lowest BCUT2D eigenvalue weighted by Gasteiger charge is -2.07. The Kier molecular flexibility index (Phi) is 1.51. The molecule has 48 valence electrons. The Morgan fingerprint density at radius 3 is 2.25 bits per heavy atom. The van der Waals surface area contributed by atoms with Gasteiger partial charge in [-0.15, -0.1) is 0 Å². The normalized spacial score (nSPS) is 47.6. The molecular weight excluding hydrogens is 108 g/mol. The van der Waals surface area contributed by atoms with Gasteiger partial charge in [0, 0.05) is 0 Å². The molecule has 0 amide bonds. The lowest BCUT2D eigenvalue weighted by molar-refractivity contribution is 0.0318. The maximum absolute atomic E-state index is 8.89. The fraction of sp³-hybridized carbons (Fsp3) is 1.00. The highest BCUT2D eigenvalue weighted by Gasteiger charge is 2.30. The summed E-state index contributed by atoms with van der Waals surface area (Å²) in [5.74, 6) is 0. The van der Waals surface area contributed by atoms with Crippen LogP contribution in [0.3, 0.4) is 0 Å². The minimum atomic E-state index is -0.685. The minimum absolute atomic E-state index is 0.204. The van der Waals surface area contributed by atoms with Gasteiger partial charge in [-0.3, -0.25) is 0 Å². The van der Waals surface area contributed by atoms with Crippen molar-refractivity contribution in [3.63, 3.8) is 0 Å². The summed E-state index contributed by atoms with van der Waals surface area (Å²) in [5.41, 5.74) is 0. The molecule has 8 heavy (non-hydrogen) atoms. The highest BCUT2D eigenvalue weighted by molar-refractivity contribution is 4.79. The second-order valence-corrected chi connectivity index (χ2v) is 2.10. The number of aliphatic hydroxyl groups excluding tert-OH is 2. The van der Waals surface area contributed by atoms with E-state index in [9.17, 15) is 0 Å². The summed E-state index contributed by atoms with van der Waals surface area (Å²) in [6.07, 6.45) is -1.56. The summed E-state index contributed by atoms with van der Waals surface area (Å²) in [5, 5.41) is 17.7. The molecule has 1 aliphatic rings. The van der Waals surface area contributed by atoms with Gasteiger partial charge in [0.25, 0.3) is 0 Å². The molecule has 0 spiro atoms. The molecule has 2 N–H and O–H groups in total. The number of hydrogen-bond donors (Lipinski definition) is 2. The predicted octanol–water partition coefficient (Wildman–Crippen LogP) is -0.873. The molecular formula is C5H10O3. The topological polar surface area (TPSA) is 49.7 Å². The molecule has 3 atom stereocenters. The van der Waals surface area contributed by atoms with Crippen molar-refractivity contribution >= 4 is 0 Å². The van der Waals surface area contributed by atoms with Gasteiger partial charge in [-0.25, -0.2) is 0 Å². The van der Waals surface area contributed by atoms with Crippen LogP contribution in [-0.2, 0) is 4.74 Å². The van der Waals surface area contributed by atoms with Crippen LogP contribution in [0.2, 0.25) is 0 Å². The summed E-state index contributed by atoms with van der Waals surface area (Å²) in [7, 11) is 0. The Balaban J connectivity index is 2.44. The number of hydrogen-bond acceptors (Lipinski definition) is 3. The molecule has 0 aromatic heterocycles. The Hall–Kier alpha value is -0.120. The van der Waals surface area contributed by atoms with Gasteiger partial charge >= 0.3 is 0 Å².